The van der Waals surface area contributed by atoms with Crippen molar-refractivity contribution in [1.82, 2.24) is 14.3 Å². The summed E-state index contributed by atoms with van der Waals surface area (Å²) in [5.74, 6) is 0. The third-order valence-corrected chi connectivity index (χ3v) is 5.24. The molecule has 6 nitrogen and oxygen atoms in total. The molecule has 0 aromatic heterocycles. The lowest BCUT2D eigenvalue weighted by Crippen LogP contribution is -2.52. The van der Waals surface area contributed by atoms with Gasteiger partial charge in [0.15, 0.2) is 0 Å². The van der Waals surface area contributed by atoms with Crippen LogP contribution < -0.4 is 10.0 Å². The van der Waals surface area contributed by atoms with E-state index in [4.69, 9.17) is 4.74 Å². The Morgan fingerprint density at radius 3 is 2.80 bits per heavy atom. The van der Waals surface area contributed by atoms with Crippen molar-refractivity contribution in [3.05, 3.63) is 0 Å². The molecule has 0 aromatic carbocycles. The van der Waals surface area contributed by atoms with Gasteiger partial charge >= 0.3 is 0 Å². The van der Waals surface area contributed by atoms with Gasteiger partial charge in [-0.3, -0.25) is 0 Å². The summed E-state index contributed by atoms with van der Waals surface area (Å²) in [5.41, 5.74) is 0. The Balaban J connectivity index is 2.45. The number of nitrogens with zero attached hydrogens (tertiary/aromatic N) is 1. The van der Waals surface area contributed by atoms with Gasteiger partial charge in [0.1, 0.15) is 0 Å². The zero-order valence-electron chi connectivity index (χ0n) is 12.7. The van der Waals surface area contributed by atoms with Crippen LogP contribution in [0.4, 0.5) is 0 Å². The molecule has 1 saturated heterocycles. The van der Waals surface area contributed by atoms with E-state index in [0.29, 0.717) is 19.7 Å². The van der Waals surface area contributed by atoms with E-state index in [2.05, 4.69) is 10.0 Å². The highest BCUT2D eigenvalue weighted by molar-refractivity contribution is 7.87. The average Bonchev–Trinajstić information content (AvgIpc) is 2.45. The maximum Gasteiger partial charge on any atom is 0.279 e. The van der Waals surface area contributed by atoms with Crippen LogP contribution in [-0.4, -0.2) is 58.7 Å². The lowest BCUT2D eigenvalue weighted by Gasteiger charge is -2.34. The maximum atomic E-state index is 12.3. The predicted octanol–water partition coefficient (Wildman–Crippen LogP) is 0.711. The van der Waals surface area contributed by atoms with E-state index < -0.39 is 10.2 Å². The SMILES string of the molecule is CCNCC1CCCCN1S(=O)(=O)NCCCCOC. The lowest BCUT2D eigenvalue weighted by molar-refractivity contribution is 0.193. The molecule has 0 spiro atoms. The summed E-state index contributed by atoms with van der Waals surface area (Å²) in [7, 11) is -1.69. The number of hydrogen-bond donors (Lipinski definition) is 2. The number of likely N-dealkylation sites (N-methyl/N-ethyl adjacent to an activating group) is 1. The van der Waals surface area contributed by atoms with E-state index in [-0.39, 0.29) is 6.04 Å². The first-order valence-corrected chi connectivity index (χ1v) is 9.02. The summed E-state index contributed by atoms with van der Waals surface area (Å²) in [6.07, 6.45) is 4.68. The third-order valence-electron chi connectivity index (χ3n) is 3.57. The highest BCUT2D eigenvalue weighted by atomic mass is 32.2. The van der Waals surface area contributed by atoms with Crippen molar-refractivity contribution in [2.24, 2.45) is 0 Å². The molecular weight excluding hydrogens is 278 g/mol. The summed E-state index contributed by atoms with van der Waals surface area (Å²) >= 11 is 0. The first-order valence-electron chi connectivity index (χ1n) is 7.58. The normalized spacial score (nSPS) is 21.2. The molecule has 1 aliphatic rings. The first kappa shape index (κ1) is 17.8. The second kappa shape index (κ2) is 9.68. The van der Waals surface area contributed by atoms with Gasteiger partial charge in [-0.2, -0.15) is 12.7 Å². The second-order valence-electron chi connectivity index (χ2n) is 5.17. The van der Waals surface area contributed by atoms with Crippen LogP contribution in [0.25, 0.3) is 0 Å². The Morgan fingerprint density at radius 2 is 2.10 bits per heavy atom. The number of methoxy groups -OCH3 is 1. The largest absolute Gasteiger partial charge is 0.385 e. The summed E-state index contributed by atoms with van der Waals surface area (Å²) in [6, 6.07) is 0.0835. The van der Waals surface area contributed by atoms with Gasteiger partial charge in [-0.05, 0) is 32.2 Å². The van der Waals surface area contributed by atoms with E-state index in [1.165, 1.54) is 0 Å². The van der Waals surface area contributed by atoms with Crippen LogP contribution in [0.5, 0.6) is 0 Å². The second-order valence-corrected chi connectivity index (χ2v) is 6.88. The van der Waals surface area contributed by atoms with Crippen molar-refractivity contribution in [3.63, 3.8) is 0 Å². The first-order chi connectivity index (χ1) is 9.61. The molecule has 1 rings (SSSR count). The third kappa shape index (κ3) is 6.05. The van der Waals surface area contributed by atoms with Crippen molar-refractivity contribution < 1.29 is 13.2 Å². The minimum Gasteiger partial charge on any atom is -0.385 e. The van der Waals surface area contributed by atoms with Crippen LogP contribution in [0.3, 0.4) is 0 Å². The van der Waals surface area contributed by atoms with Gasteiger partial charge in [0.2, 0.25) is 0 Å². The summed E-state index contributed by atoms with van der Waals surface area (Å²) < 4.78 is 34.0. The fourth-order valence-electron chi connectivity index (χ4n) is 2.46. The summed E-state index contributed by atoms with van der Waals surface area (Å²) in [6.45, 7) is 5.43. The molecule has 20 heavy (non-hydrogen) atoms. The van der Waals surface area contributed by atoms with Gasteiger partial charge in [-0.15, -0.1) is 0 Å². The van der Waals surface area contributed by atoms with Crippen LogP contribution in [0.1, 0.15) is 39.0 Å². The summed E-state index contributed by atoms with van der Waals surface area (Å²) in [4.78, 5) is 0. The van der Waals surface area contributed by atoms with Crippen LogP contribution in [0.15, 0.2) is 0 Å². The molecule has 7 heteroatoms. The van der Waals surface area contributed by atoms with E-state index in [0.717, 1.165) is 45.2 Å². The van der Waals surface area contributed by atoms with Crippen LogP contribution in [0, 0.1) is 0 Å². The zero-order valence-corrected chi connectivity index (χ0v) is 13.5. The molecule has 0 aliphatic carbocycles. The fourth-order valence-corrected chi connectivity index (χ4v) is 3.97. The zero-order chi connectivity index (χ0) is 14.8. The molecule has 1 unspecified atom stereocenters. The minimum absolute atomic E-state index is 0.0835. The van der Waals surface area contributed by atoms with Gasteiger partial charge in [0, 0.05) is 39.4 Å². The van der Waals surface area contributed by atoms with Gasteiger partial charge < -0.3 is 10.1 Å². The van der Waals surface area contributed by atoms with Crippen LogP contribution in [-0.2, 0) is 14.9 Å². The molecule has 1 fully saturated rings. The van der Waals surface area contributed by atoms with E-state index >= 15 is 0 Å². The molecule has 2 N–H and O–H groups in total. The Kier molecular flexibility index (Phi) is 8.63. The number of ether oxygens (including phenoxy) is 1. The van der Waals surface area contributed by atoms with Crippen molar-refractivity contribution in [2.75, 3.05) is 39.9 Å². The Labute approximate surface area is 123 Å². The van der Waals surface area contributed by atoms with Gasteiger partial charge in [0.25, 0.3) is 10.2 Å². The molecule has 120 valence electrons. The van der Waals surface area contributed by atoms with E-state index in [9.17, 15) is 8.42 Å². The molecule has 0 saturated carbocycles. The minimum atomic E-state index is -3.35. The number of unbranched alkanes of at least 4 members (excludes halogenated alkanes) is 1. The van der Waals surface area contributed by atoms with Crippen molar-refractivity contribution in [3.8, 4) is 0 Å². The average molecular weight is 307 g/mol. The van der Waals surface area contributed by atoms with E-state index in [1.807, 2.05) is 6.92 Å². The Hall–Kier alpha value is -0.210. The highest BCUT2D eigenvalue weighted by Gasteiger charge is 2.31. The molecule has 0 aromatic rings. The number of hydrogen-bond acceptors (Lipinski definition) is 4. The standard InChI is InChI=1S/C13H29N3O3S/c1-3-14-12-13-8-4-6-10-16(13)20(17,18)15-9-5-7-11-19-2/h13-15H,3-12H2,1-2H3. The smallest absolute Gasteiger partial charge is 0.279 e. The lowest BCUT2D eigenvalue weighted by atomic mass is 10.1. The van der Waals surface area contributed by atoms with Crippen molar-refractivity contribution >= 4 is 10.2 Å². The van der Waals surface area contributed by atoms with Crippen LogP contribution in [0.2, 0.25) is 0 Å². The monoisotopic (exact) mass is 307 g/mol. The molecule has 0 bridgehead atoms. The molecule has 1 aliphatic heterocycles. The topological polar surface area (TPSA) is 70.7 Å². The quantitative estimate of drug-likeness (QED) is 0.583. The number of piperidine rings is 1. The van der Waals surface area contributed by atoms with Gasteiger partial charge in [0.05, 0.1) is 0 Å². The van der Waals surface area contributed by atoms with Crippen molar-refractivity contribution in [2.45, 2.75) is 45.1 Å². The molecule has 1 atom stereocenters. The molecule has 0 radical (unpaired) electrons. The van der Waals surface area contributed by atoms with Gasteiger partial charge in [-0.1, -0.05) is 13.3 Å². The van der Waals surface area contributed by atoms with Crippen molar-refractivity contribution in [1.29, 1.82) is 0 Å². The number of nitrogens with one attached hydrogen (secondary N) is 2. The fraction of sp³-hybridized carbons (Fsp3) is 1.00. The van der Waals surface area contributed by atoms with Crippen LogP contribution >= 0.6 is 0 Å². The highest BCUT2D eigenvalue weighted by Crippen LogP contribution is 2.19. The Morgan fingerprint density at radius 1 is 1.30 bits per heavy atom. The number of rotatable bonds is 10. The Bertz CT molecular complexity index is 349. The van der Waals surface area contributed by atoms with E-state index in [1.54, 1.807) is 11.4 Å². The molecule has 1 heterocycles. The predicted molar refractivity (Wildman–Crippen MR) is 80.9 cm³/mol. The molecule has 0 amide bonds. The van der Waals surface area contributed by atoms with Gasteiger partial charge in [-0.25, -0.2) is 4.72 Å². The maximum absolute atomic E-state index is 12.3. The summed E-state index contributed by atoms with van der Waals surface area (Å²) in [5, 5.41) is 3.25. The molecular formula is C13H29N3O3S.